The van der Waals surface area contributed by atoms with Crippen LogP contribution in [0.3, 0.4) is 0 Å². The Hall–Kier alpha value is -2.95. The molecule has 222 valence electrons. The third-order valence-corrected chi connectivity index (χ3v) is 6.41. The summed E-state index contributed by atoms with van der Waals surface area (Å²) in [6.07, 6.45) is -7.24. The Morgan fingerprint density at radius 3 is 1.77 bits per heavy atom. The number of benzene rings is 1. The molecule has 0 aromatic heterocycles. The minimum atomic E-state index is -1.66. The van der Waals surface area contributed by atoms with Gasteiger partial charge in [-0.3, -0.25) is 14.4 Å². The molecule has 0 radical (unpaired) electrons. The first-order chi connectivity index (χ1) is 18.3. The molecule has 1 saturated heterocycles. The number of rotatable bonds is 8. The molecule has 0 aliphatic carbocycles. The maximum atomic E-state index is 13.1. The van der Waals surface area contributed by atoms with Gasteiger partial charge in [0, 0.05) is 5.33 Å². The van der Waals surface area contributed by atoms with Crippen LogP contribution in [0.2, 0.25) is 0 Å². The van der Waals surface area contributed by atoms with E-state index in [-0.39, 0.29) is 10.9 Å². The van der Waals surface area contributed by atoms with E-state index >= 15 is 0 Å². The average Bonchev–Trinajstić information content (AvgIpc) is 3.13. The van der Waals surface area contributed by atoms with Crippen molar-refractivity contribution in [3.63, 3.8) is 0 Å². The largest absolute Gasteiger partial charge is 0.457 e. The molecule has 0 spiro atoms. The van der Waals surface area contributed by atoms with E-state index in [0.29, 0.717) is 0 Å². The lowest BCUT2D eigenvalue weighted by Gasteiger charge is -2.34. The number of esters is 5. The summed E-state index contributed by atoms with van der Waals surface area (Å²) in [4.78, 5) is 64.8. The summed E-state index contributed by atoms with van der Waals surface area (Å²) < 4.78 is 28.3. The van der Waals surface area contributed by atoms with Gasteiger partial charge in [-0.15, -0.1) is 0 Å². The molecule has 1 fully saturated rings. The lowest BCUT2D eigenvalue weighted by Crippen LogP contribution is -2.53. The number of hydrogen-bond acceptors (Lipinski definition) is 10. The van der Waals surface area contributed by atoms with E-state index in [4.69, 9.17) is 23.7 Å². The van der Waals surface area contributed by atoms with Crippen molar-refractivity contribution >= 4 is 45.8 Å². The second-order valence-corrected chi connectivity index (χ2v) is 13.3. The second kappa shape index (κ2) is 12.7. The molecule has 5 atom stereocenters. The fourth-order valence-electron chi connectivity index (χ4n) is 3.29. The summed E-state index contributed by atoms with van der Waals surface area (Å²) >= 11 is 3.30. The Morgan fingerprint density at radius 2 is 1.30 bits per heavy atom. The molecule has 10 nitrogen and oxygen atoms in total. The highest BCUT2D eigenvalue weighted by Gasteiger charge is 2.57. The minimum absolute atomic E-state index is 0.0171. The van der Waals surface area contributed by atoms with Crippen LogP contribution in [0.1, 0.15) is 72.7 Å². The number of carbonyl (C=O) groups excluding carboxylic acids is 5. The van der Waals surface area contributed by atoms with E-state index in [2.05, 4.69) is 15.9 Å². The van der Waals surface area contributed by atoms with Crippen LogP contribution in [0.25, 0.3) is 0 Å². The third kappa shape index (κ3) is 8.52. The maximum absolute atomic E-state index is 13.1. The SMILES string of the molecule is CC(C)(C)C(=O)O[C@@H]([C@@H]1OC(=O)[C@H](OC(=O)C(C)(C)C)[C@@H]1OC(=O)c1ccccc1)[C@@H](CBr)OC(=O)C(C)(C)C. The zero-order valence-corrected chi connectivity index (χ0v) is 26.0. The summed E-state index contributed by atoms with van der Waals surface area (Å²) in [5, 5.41) is -0.0171. The summed E-state index contributed by atoms with van der Waals surface area (Å²) in [5.74, 6) is -3.86. The molecule has 0 bridgehead atoms. The van der Waals surface area contributed by atoms with Gasteiger partial charge in [0.2, 0.25) is 6.10 Å². The highest BCUT2D eigenvalue weighted by atomic mass is 79.9. The summed E-state index contributed by atoms with van der Waals surface area (Å²) in [5.41, 5.74) is -2.72. The predicted octanol–water partition coefficient (Wildman–Crippen LogP) is 4.41. The molecule has 0 saturated carbocycles. The predicted molar refractivity (Wildman–Crippen MR) is 147 cm³/mol. The Labute approximate surface area is 243 Å². The number of carbonyl (C=O) groups is 5. The van der Waals surface area contributed by atoms with Crippen LogP contribution in [0.5, 0.6) is 0 Å². The topological polar surface area (TPSA) is 132 Å². The normalized spacial score (nSPS) is 21.1. The van der Waals surface area contributed by atoms with E-state index in [1.54, 1.807) is 80.5 Å². The molecule has 0 amide bonds. The summed E-state index contributed by atoms with van der Waals surface area (Å²) in [6.45, 7) is 14.6. The van der Waals surface area contributed by atoms with Crippen molar-refractivity contribution in [2.75, 3.05) is 5.33 Å². The Morgan fingerprint density at radius 1 is 0.800 bits per heavy atom. The van der Waals surface area contributed by atoms with Crippen LogP contribution in [0, 0.1) is 16.2 Å². The molecular weight excluding hydrogens is 588 g/mol. The van der Waals surface area contributed by atoms with Gasteiger partial charge in [0.05, 0.1) is 21.8 Å². The van der Waals surface area contributed by atoms with Gasteiger partial charge in [-0.25, -0.2) is 9.59 Å². The van der Waals surface area contributed by atoms with E-state index in [1.165, 1.54) is 12.1 Å². The van der Waals surface area contributed by atoms with Gasteiger partial charge in [-0.2, -0.15) is 0 Å². The fraction of sp³-hybridized carbons (Fsp3) is 0.621. The minimum Gasteiger partial charge on any atom is -0.457 e. The van der Waals surface area contributed by atoms with Crippen LogP contribution in [-0.2, 0) is 42.9 Å². The number of halogens is 1. The molecule has 1 aliphatic rings. The third-order valence-electron chi connectivity index (χ3n) is 5.77. The molecule has 1 aromatic carbocycles. The van der Waals surface area contributed by atoms with Gasteiger partial charge < -0.3 is 23.7 Å². The molecule has 1 aromatic rings. The number of ether oxygens (including phenoxy) is 5. The number of alkyl halides is 1. The second-order valence-electron chi connectivity index (χ2n) is 12.7. The molecule has 1 aliphatic heterocycles. The van der Waals surface area contributed by atoms with Crippen LogP contribution in [0.4, 0.5) is 0 Å². The van der Waals surface area contributed by atoms with Crippen molar-refractivity contribution in [2.24, 2.45) is 16.2 Å². The molecule has 0 unspecified atom stereocenters. The lowest BCUT2D eigenvalue weighted by atomic mass is 9.95. The Kier molecular flexibility index (Phi) is 10.6. The van der Waals surface area contributed by atoms with Crippen LogP contribution in [-0.4, -0.2) is 65.7 Å². The molecule has 1 heterocycles. The number of cyclic esters (lactones) is 1. The molecule has 11 heteroatoms. The zero-order chi connectivity index (χ0) is 30.6. The van der Waals surface area contributed by atoms with E-state index in [1.807, 2.05) is 0 Å². The molecular formula is C29H39BrO10. The molecule has 40 heavy (non-hydrogen) atoms. The average molecular weight is 628 g/mol. The number of hydrogen-bond donors (Lipinski definition) is 0. The highest BCUT2D eigenvalue weighted by molar-refractivity contribution is 9.09. The van der Waals surface area contributed by atoms with E-state index in [9.17, 15) is 24.0 Å². The van der Waals surface area contributed by atoms with Crippen molar-refractivity contribution in [1.82, 2.24) is 0 Å². The summed E-state index contributed by atoms with van der Waals surface area (Å²) in [6, 6.07) is 7.98. The van der Waals surface area contributed by atoms with Gasteiger partial charge in [0.1, 0.15) is 0 Å². The smallest absolute Gasteiger partial charge is 0.352 e. The maximum Gasteiger partial charge on any atom is 0.352 e. The van der Waals surface area contributed by atoms with Gasteiger partial charge in [-0.05, 0) is 74.4 Å². The van der Waals surface area contributed by atoms with Crippen LogP contribution >= 0.6 is 15.9 Å². The van der Waals surface area contributed by atoms with Gasteiger partial charge in [0.15, 0.2) is 24.4 Å². The van der Waals surface area contributed by atoms with Crippen molar-refractivity contribution < 1.29 is 47.7 Å². The van der Waals surface area contributed by atoms with Gasteiger partial charge >= 0.3 is 29.8 Å². The summed E-state index contributed by atoms with van der Waals surface area (Å²) in [7, 11) is 0. The van der Waals surface area contributed by atoms with Crippen LogP contribution < -0.4 is 0 Å². The zero-order valence-electron chi connectivity index (χ0n) is 24.4. The standard InChI is InChI=1S/C29H39BrO10/c1-27(2,3)24(33)36-17(15-30)18(39-25(34)28(4,5)6)19-20(37-22(31)16-13-11-10-12-14-16)21(23(32)38-19)40-26(35)29(7,8)9/h10-14,17-21H,15H2,1-9H3/t17-,18-,19+,20-,21-/m1/s1. The first-order valence-electron chi connectivity index (χ1n) is 12.9. The van der Waals surface area contributed by atoms with E-state index < -0.39 is 76.6 Å². The van der Waals surface area contributed by atoms with Crippen LogP contribution in [0.15, 0.2) is 30.3 Å². The van der Waals surface area contributed by atoms with Crippen molar-refractivity contribution in [3.8, 4) is 0 Å². The quantitative estimate of drug-likeness (QED) is 0.232. The van der Waals surface area contributed by atoms with Gasteiger partial charge in [0.25, 0.3) is 0 Å². The fourth-order valence-corrected chi connectivity index (χ4v) is 3.79. The first kappa shape index (κ1) is 33.3. The van der Waals surface area contributed by atoms with Crippen molar-refractivity contribution in [3.05, 3.63) is 35.9 Å². The Balaban J connectivity index is 2.58. The van der Waals surface area contributed by atoms with Gasteiger partial charge in [-0.1, -0.05) is 34.1 Å². The highest BCUT2D eigenvalue weighted by Crippen LogP contribution is 2.33. The monoisotopic (exact) mass is 626 g/mol. The molecule has 0 N–H and O–H groups in total. The van der Waals surface area contributed by atoms with E-state index in [0.717, 1.165) is 0 Å². The molecule has 2 rings (SSSR count). The lowest BCUT2D eigenvalue weighted by molar-refractivity contribution is -0.191. The Bertz CT molecular complexity index is 1090. The van der Waals surface area contributed by atoms with Crippen molar-refractivity contribution in [2.45, 2.75) is 92.8 Å². The van der Waals surface area contributed by atoms with Crippen molar-refractivity contribution in [1.29, 1.82) is 0 Å². The first-order valence-corrected chi connectivity index (χ1v) is 14.0.